The highest BCUT2D eigenvalue weighted by Crippen LogP contribution is 2.31. The van der Waals surface area contributed by atoms with E-state index in [2.05, 4.69) is 15.7 Å². The first-order valence-electron chi connectivity index (χ1n) is 9.26. The maximum absolute atomic E-state index is 12.8. The smallest absolute Gasteiger partial charge is 0.253 e. The molecule has 25 heavy (non-hydrogen) atoms. The Kier molecular flexibility index (Phi) is 4.80. The van der Waals surface area contributed by atoms with Gasteiger partial charge in [0, 0.05) is 48.5 Å². The van der Waals surface area contributed by atoms with Crippen molar-refractivity contribution < 1.29 is 4.79 Å². The largest absolute Gasteiger partial charge is 0.338 e. The fourth-order valence-corrected chi connectivity index (χ4v) is 4.06. The second kappa shape index (κ2) is 7.20. The number of halogens is 1. The van der Waals surface area contributed by atoms with Crippen LogP contribution >= 0.6 is 11.6 Å². The molecule has 2 aliphatic rings. The van der Waals surface area contributed by atoms with Crippen LogP contribution in [0.4, 0.5) is 0 Å². The maximum atomic E-state index is 12.8. The second-order valence-corrected chi connectivity index (χ2v) is 7.77. The highest BCUT2D eigenvalue weighted by molar-refractivity contribution is 6.30. The van der Waals surface area contributed by atoms with Crippen LogP contribution in [0.2, 0.25) is 5.02 Å². The van der Waals surface area contributed by atoms with E-state index in [1.54, 1.807) is 12.1 Å². The van der Waals surface area contributed by atoms with Gasteiger partial charge in [0.15, 0.2) is 0 Å². The van der Waals surface area contributed by atoms with Crippen LogP contribution in [-0.4, -0.2) is 33.4 Å². The third-order valence-corrected chi connectivity index (χ3v) is 5.84. The van der Waals surface area contributed by atoms with Gasteiger partial charge >= 0.3 is 0 Å². The molecule has 1 aromatic heterocycles. The van der Waals surface area contributed by atoms with Crippen LogP contribution in [0.15, 0.2) is 36.7 Å². The molecular formula is C20H24ClN3O. The van der Waals surface area contributed by atoms with Crippen molar-refractivity contribution in [1.29, 1.82) is 0 Å². The zero-order valence-corrected chi connectivity index (χ0v) is 15.2. The topological polar surface area (TPSA) is 38.1 Å². The molecule has 2 fully saturated rings. The molecule has 1 aliphatic carbocycles. The van der Waals surface area contributed by atoms with Crippen molar-refractivity contribution in [3.05, 3.63) is 53.1 Å². The van der Waals surface area contributed by atoms with E-state index in [-0.39, 0.29) is 5.91 Å². The van der Waals surface area contributed by atoms with Gasteiger partial charge in [0.1, 0.15) is 5.82 Å². The number of carbonyl (C=O) groups is 1. The van der Waals surface area contributed by atoms with Crippen LogP contribution in [0.1, 0.15) is 54.2 Å². The van der Waals surface area contributed by atoms with Gasteiger partial charge in [-0.3, -0.25) is 4.79 Å². The van der Waals surface area contributed by atoms with Crippen molar-refractivity contribution in [3.63, 3.8) is 0 Å². The standard InChI is InChI=1S/C20H24ClN3O/c21-18-8-6-16(7-9-18)20(25)24-11-2-5-17(14-24)19-22-10-12-23(19)13-15-3-1-4-15/h6-10,12,15,17H,1-5,11,13-14H2/t17-/m1/s1. The maximum Gasteiger partial charge on any atom is 0.253 e. The van der Waals surface area contributed by atoms with Gasteiger partial charge in [0.05, 0.1) is 0 Å². The highest BCUT2D eigenvalue weighted by Gasteiger charge is 2.29. The Morgan fingerprint density at radius 3 is 2.68 bits per heavy atom. The number of aromatic nitrogens is 2. The number of likely N-dealkylation sites (tertiary alicyclic amines) is 1. The molecular weight excluding hydrogens is 334 g/mol. The average molecular weight is 358 g/mol. The summed E-state index contributed by atoms with van der Waals surface area (Å²) in [5.74, 6) is 2.39. The van der Waals surface area contributed by atoms with Gasteiger partial charge in [0.2, 0.25) is 0 Å². The Labute approximate surface area is 153 Å². The summed E-state index contributed by atoms with van der Waals surface area (Å²) >= 11 is 5.93. The molecule has 1 aliphatic heterocycles. The number of imidazole rings is 1. The van der Waals surface area contributed by atoms with Crippen LogP contribution < -0.4 is 0 Å². The molecule has 0 spiro atoms. The zero-order valence-electron chi connectivity index (χ0n) is 14.4. The summed E-state index contributed by atoms with van der Waals surface area (Å²) in [6, 6.07) is 7.18. The van der Waals surface area contributed by atoms with Gasteiger partial charge in [0.25, 0.3) is 5.91 Å². The number of benzene rings is 1. The zero-order chi connectivity index (χ0) is 17.2. The fourth-order valence-electron chi connectivity index (χ4n) is 3.94. The second-order valence-electron chi connectivity index (χ2n) is 7.33. The van der Waals surface area contributed by atoms with Crippen molar-refractivity contribution >= 4 is 17.5 Å². The third kappa shape index (κ3) is 3.59. The van der Waals surface area contributed by atoms with E-state index in [9.17, 15) is 4.79 Å². The molecule has 0 N–H and O–H groups in total. The number of amides is 1. The molecule has 1 saturated carbocycles. The molecule has 0 unspecified atom stereocenters. The minimum absolute atomic E-state index is 0.0958. The minimum atomic E-state index is 0.0958. The quantitative estimate of drug-likeness (QED) is 0.815. The number of rotatable bonds is 4. The fraction of sp³-hybridized carbons (Fsp3) is 0.500. The minimum Gasteiger partial charge on any atom is -0.338 e. The predicted molar refractivity (Wildman–Crippen MR) is 98.9 cm³/mol. The molecule has 1 atom stereocenters. The summed E-state index contributed by atoms with van der Waals surface area (Å²) in [5, 5.41) is 0.658. The van der Waals surface area contributed by atoms with Crippen molar-refractivity contribution in [1.82, 2.24) is 14.5 Å². The summed E-state index contributed by atoms with van der Waals surface area (Å²) < 4.78 is 2.32. The molecule has 5 heteroatoms. The SMILES string of the molecule is O=C(c1ccc(Cl)cc1)N1CCC[C@@H](c2nccn2CC2CCC2)C1. The van der Waals surface area contributed by atoms with Gasteiger partial charge < -0.3 is 9.47 Å². The van der Waals surface area contributed by atoms with E-state index in [1.165, 1.54) is 19.3 Å². The van der Waals surface area contributed by atoms with Crippen molar-refractivity contribution in [2.75, 3.05) is 13.1 Å². The molecule has 1 aromatic carbocycles. The van der Waals surface area contributed by atoms with Crippen LogP contribution in [-0.2, 0) is 6.54 Å². The Hall–Kier alpha value is -1.81. The van der Waals surface area contributed by atoms with Gasteiger partial charge in [-0.25, -0.2) is 4.98 Å². The van der Waals surface area contributed by atoms with Gasteiger partial charge in [-0.1, -0.05) is 18.0 Å². The molecule has 0 radical (unpaired) electrons. The monoisotopic (exact) mass is 357 g/mol. The number of carbonyl (C=O) groups excluding carboxylic acids is 1. The first kappa shape index (κ1) is 16.6. The van der Waals surface area contributed by atoms with Crippen molar-refractivity contribution in [2.45, 2.75) is 44.6 Å². The number of hydrogen-bond donors (Lipinski definition) is 0. The van der Waals surface area contributed by atoms with E-state index < -0.39 is 0 Å². The van der Waals surface area contributed by atoms with E-state index >= 15 is 0 Å². The van der Waals surface area contributed by atoms with Gasteiger partial charge in [-0.05, 0) is 55.9 Å². The first-order chi connectivity index (χ1) is 12.2. The molecule has 132 valence electrons. The lowest BCUT2D eigenvalue weighted by Crippen LogP contribution is -2.40. The van der Waals surface area contributed by atoms with Crippen LogP contribution in [0.25, 0.3) is 0 Å². The number of piperidine rings is 1. The summed E-state index contributed by atoms with van der Waals surface area (Å²) in [7, 11) is 0. The predicted octanol–water partition coefficient (Wildman–Crippen LogP) is 4.36. The lowest BCUT2D eigenvalue weighted by atomic mass is 9.85. The van der Waals surface area contributed by atoms with Crippen LogP contribution in [0.3, 0.4) is 0 Å². The van der Waals surface area contributed by atoms with Crippen molar-refractivity contribution in [2.24, 2.45) is 5.92 Å². The van der Waals surface area contributed by atoms with Crippen molar-refractivity contribution in [3.8, 4) is 0 Å². The molecule has 0 bridgehead atoms. The summed E-state index contributed by atoms with van der Waals surface area (Å²) in [5.41, 5.74) is 0.711. The lowest BCUT2D eigenvalue weighted by Gasteiger charge is -2.33. The van der Waals surface area contributed by atoms with E-state index in [0.29, 0.717) is 16.5 Å². The van der Waals surface area contributed by atoms with E-state index in [0.717, 1.165) is 44.2 Å². The summed E-state index contributed by atoms with van der Waals surface area (Å²) in [6.45, 7) is 2.65. The van der Waals surface area contributed by atoms with E-state index in [4.69, 9.17) is 11.6 Å². The Balaban J connectivity index is 1.46. The third-order valence-electron chi connectivity index (χ3n) is 5.59. The molecule has 2 heterocycles. The van der Waals surface area contributed by atoms with Crippen LogP contribution in [0, 0.1) is 5.92 Å². The van der Waals surface area contributed by atoms with Gasteiger partial charge in [-0.2, -0.15) is 0 Å². The molecule has 2 aromatic rings. The lowest BCUT2D eigenvalue weighted by molar-refractivity contribution is 0.0702. The normalized spacial score (nSPS) is 21.2. The highest BCUT2D eigenvalue weighted by atomic mass is 35.5. The Morgan fingerprint density at radius 2 is 1.96 bits per heavy atom. The van der Waals surface area contributed by atoms with E-state index in [1.807, 2.05) is 23.2 Å². The molecule has 4 nitrogen and oxygen atoms in total. The molecule has 1 amide bonds. The van der Waals surface area contributed by atoms with Crippen LogP contribution in [0.5, 0.6) is 0 Å². The van der Waals surface area contributed by atoms with Gasteiger partial charge in [-0.15, -0.1) is 0 Å². The summed E-state index contributed by atoms with van der Waals surface area (Å²) in [6.07, 6.45) is 10.2. The number of nitrogens with zero attached hydrogens (tertiary/aromatic N) is 3. The first-order valence-corrected chi connectivity index (χ1v) is 9.64. The number of hydrogen-bond acceptors (Lipinski definition) is 2. The molecule has 4 rings (SSSR count). The molecule has 1 saturated heterocycles. The summed E-state index contributed by atoms with van der Waals surface area (Å²) in [4.78, 5) is 19.4. The Morgan fingerprint density at radius 1 is 1.16 bits per heavy atom. The average Bonchev–Trinajstić information content (AvgIpc) is 3.07. The Bertz CT molecular complexity index is 736.